The van der Waals surface area contributed by atoms with Gasteiger partial charge in [0.05, 0.1) is 0 Å². The number of anilines is 1. The molecule has 3 rings (SSSR count). The zero-order valence-electron chi connectivity index (χ0n) is 16.8. The molecule has 2 nitrogen and oxygen atoms in total. The van der Waals surface area contributed by atoms with Crippen molar-refractivity contribution in [1.82, 2.24) is 5.32 Å². The molecule has 1 heterocycles. The van der Waals surface area contributed by atoms with Gasteiger partial charge in [-0.05, 0) is 49.1 Å². The Balaban J connectivity index is 1.87. The number of nitrogens with one attached hydrogen (secondary N) is 1. The van der Waals surface area contributed by atoms with Crippen LogP contribution in [0.4, 0.5) is 5.69 Å². The maximum atomic E-state index is 5.93. The molecule has 2 aliphatic rings. The maximum Gasteiger partial charge on any atom is 0.0314 e. The Labute approximate surface area is 165 Å². The summed E-state index contributed by atoms with van der Waals surface area (Å²) in [5.74, 6) is 0. The average molecular weight is 365 g/mol. The number of nitrogens with two attached hydrogens (primary N) is 1. The summed E-state index contributed by atoms with van der Waals surface area (Å²) in [6.07, 6.45) is 26.8. The highest BCUT2D eigenvalue weighted by Crippen LogP contribution is 2.42. The average Bonchev–Trinajstić information content (AvgIpc) is 2.96. The Hall–Kier alpha value is -1.96. The molecular weight excluding hydrogens is 328 g/mol. The van der Waals surface area contributed by atoms with Crippen LogP contribution in [0.1, 0.15) is 76.2 Å². The zero-order valence-corrected chi connectivity index (χ0v) is 16.8. The molecule has 146 valence electrons. The van der Waals surface area contributed by atoms with Gasteiger partial charge in [-0.25, -0.2) is 0 Å². The van der Waals surface area contributed by atoms with Gasteiger partial charge in [-0.15, -0.1) is 0 Å². The summed E-state index contributed by atoms with van der Waals surface area (Å²) in [7, 11) is 0. The van der Waals surface area contributed by atoms with Gasteiger partial charge in [-0.2, -0.15) is 0 Å². The third-order valence-electron chi connectivity index (χ3n) is 6.22. The lowest BCUT2D eigenvalue weighted by Crippen LogP contribution is -2.32. The minimum Gasteiger partial charge on any atom is -0.399 e. The summed E-state index contributed by atoms with van der Waals surface area (Å²) in [5.41, 5.74) is 9.76. The molecule has 1 fully saturated rings. The van der Waals surface area contributed by atoms with Crippen molar-refractivity contribution in [2.24, 2.45) is 5.41 Å². The van der Waals surface area contributed by atoms with Crippen molar-refractivity contribution in [2.75, 3.05) is 5.73 Å². The SMILES string of the molecule is Nc1ccc(CC2(C3=CC=CC=CN3)CCCCCCCCCCC2)cc1. The monoisotopic (exact) mass is 364 g/mol. The summed E-state index contributed by atoms with van der Waals surface area (Å²) < 4.78 is 0. The summed E-state index contributed by atoms with van der Waals surface area (Å²) in [6.45, 7) is 0. The van der Waals surface area contributed by atoms with Crippen LogP contribution in [0.3, 0.4) is 0 Å². The van der Waals surface area contributed by atoms with Gasteiger partial charge < -0.3 is 11.1 Å². The van der Waals surface area contributed by atoms with Crippen molar-refractivity contribution < 1.29 is 0 Å². The van der Waals surface area contributed by atoms with Gasteiger partial charge in [0.2, 0.25) is 0 Å². The molecule has 27 heavy (non-hydrogen) atoms. The number of hydrogen-bond acceptors (Lipinski definition) is 2. The molecule has 1 aliphatic carbocycles. The predicted octanol–water partition coefficient (Wildman–Crippen LogP) is 6.66. The second-order valence-corrected chi connectivity index (χ2v) is 8.35. The summed E-state index contributed by atoms with van der Waals surface area (Å²) in [5, 5.41) is 3.63. The lowest BCUT2D eigenvalue weighted by atomic mass is 9.70. The van der Waals surface area contributed by atoms with Crippen LogP contribution in [-0.2, 0) is 6.42 Å². The fourth-order valence-electron chi connectivity index (χ4n) is 4.64. The van der Waals surface area contributed by atoms with Crippen LogP contribution < -0.4 is 11.1 Å². The van der Waals surface area contributed by atoms with E-state index >= 15 is 0 Å². The van der Waals surface area contributed by atoms with E-state index in [1.165, 1.54) is 81.9 Å². The Morgan fingerprint density at radius 3 is 1.96 bits per heavy atom. The molecule has 0 unspecified atom stereocenters. The lowest BCUT2D eigenvalue weighted by molar-refractivity contribution is 0.260. The molecule has 0 radical (unpaired) electrons. The third-order valence-corrected chi connectivity index (χ3v) is 6.22. The highest BCUT2D eigenvalue weighted by Gasteiger charge is 2.33. The lowest BCUT2D eigenvalue weighted by Gasteiger charge is -2.37. The largest absolute Gasteiger partial charge is 0.399 e. The third kappa shape index (κ3) is 6.02. The van der Waals surface area contributed by atoms with Gasteiger partial charge in [0.1, 0.15) is 0 Å². The van der Waals surface area contributed by atoms with Crippen molar-refractivity contribution in [3.8, 4) is 0 Å². The number of benzene rings is 1. The fourth-order valence-corrected chi connectivity index (χ4v) is 4.64. The first kappa shape index (κ1) is 19.8. The van der Waals surface area contributed by atoms with Gasteiger partial charge in [0.25, 0.3) is 0 Å². The summed E-state index contributed by atoms with van der Waals surface area (Å²) >= 11 is 0. The molecule has 0 saturated heterocycles. The van der Waals surface area contributed by atoms with Crippen LogP contribution in [0.25, 0.3) is 0 Å². The first-order chi connectivity index (χ1) is 13.3. The number of nitrogen functional groups attached to an aromatic ring is 1. The van der Waals surface area contributed by atoms with Crippen LogP contribution in [0, 0.1) is 5.41 Å². The molecule has 0 aromatic heterocycles. The van der Waals surface area contributed by atoms with E-state index in [2.05, 4.69) is 48.0 Å². The fraction of sp³-hybridized carbons (Fsp3) is 0.520. The smallest absolute Gasteiger partial charge is 0.0314 e. The van der Waals surface area contributed by atoms with E-state index in [9.17, 15) is 0 Å². The Bertz CT molecular complexity index is 639. The Morgan fingerprint density at radius 1 is 0.741 bits per heavy atom. The van der Waals surface area contributed by atoms with E-state index < -0.39 is 0 Å². The summed E-state index contributed by atoms with van der Waals surface area (Å²) in [4.78, 5) is 0. The molecule has 3 N–H and O–H groups in total. The first-order valence-corrected chi connectivity index (χ1v) is 10.9. The Kier molecular flexibility index (Phi) is 7.62. The maximum absolute atomic E-state index is 5.93. The predicted molar refractivity (Wildman–Crippen MR) is 117 cm³/mol. The van der Waals surface area contributed by atoms with Gasteiger partial charge in [-0.1, -0.05) is 82.1 Å². The molecule has 0 spiro atoms. The van der Waals surface area contributed by atoms with Crippen LogP contribution >= 0.6 is 0 Å². The van der Waals surface area contributed by atoms with E-state index in [0.29, 0.717) is 0 Å². The van der Waals surface area contributed by atoms with Gasteiger partial charge in [0, 0.05) is 23.0 Å². The van der Waals surface area contributed by atoms with Crippen molar-refractivity contribution in [3.63, 3.8) is 0 Å². The second kappa shape index (κ2) is 10.4. The van der Waals surface area contributed by atoms with E-state index in [1.807, 2.05) is 12.1 Å². The van der Waals surface area contributed by atoms with Gasteiger partial charge in [0.15, 0.2) is 0 Å². The molecule has 1 saturated carbocycles. The summed E-state index contributed by atoms with van der Waals surface area (Å²) in [6, 6.07) is 8.53. The molecule has 0 bridgehead atoms. The number of rotatable bonds is 3. The van der Waals surface area contributed by atoms with E-state index in [-0.39, 0.29) is 5.41 Å². The van der Waals surface area contributed by atoms with Crippen molar-refractivity contribution >= 4 is 5.69 Å². The topological polar surface area (TPSA) is 38.0 Å². The molecule has 1 aromatic rings. The highest BCUT2D eigenvalue weighted by atomic mass is 14.9. The molecule has 1 aliphatic heterocycles. The first-order valence-electron chi connectivity index (χ1n) is 10.9. The zero-order chi connectivity index (χ0) is 18.8. The van der Waals surface area contributed by atoms with E-state index in [1.54, 1.807) is 0 Å². The van der Waals surface area contributed by atoms with E-state index in [4.69, 9.17) is 5.73 Å². The quantitative estimate of drug-likeness (QED) is 0.589. The molecule has 0 atom stereocenters. The van der Waals surface area contributed by atoms with Crippen molar-refractivity contribution in [3.05, 3.63) is 66.0 Å². The second-order valence-electron chi connectivity index (χ2n) is 8.35. The van der Waals surface area contributed by atoms with Gasteiger partial charge >= 0.3 is 0 Å². The minimum atomic E-state index is 0.189. The molecule has 2 heteroatoms. The van der Waals surface area contributed by atoms with Crippen LogP contribution in [0.2, 0.25) is 0 Å². The van der Waals surface area contributed by atoms with Crippen LogP contribution in [0.15, 0.2) is 60.5 Å². The van der Waals surface area contributed by atoms with Crippen molar-refractivity contribution in [2.45, 2.75) is 77.0 Å². The van der Waals surface area contributed by atoms with Crippen LogP contribution in [0.5, 0.6) is 0 Å². The molecule has 1 aromatic carbocycles. The highest BCUT2D eigenvalue weighted by molar-refractivity contribution is 5.40. The van der Waals surface area contributed by atoms with Crippen LogP contribution in [-0.4, -0.2) is 0 Å². The number of allylic oxidation sites excluding steroid dienone is 5. The molecule has 0 amide bonds. The molecular formula is C25H36N2. The van der Waals surface area contributed by atoms with Crippen molar-refractivity contribution in [1.29, 1.82) is 0 Å². The minimum absolute atomic E-state index is 0.189. The number of hydrogen-bond donors (Lipinski definition) is 2. The standard InChI is InChI=1S/C25H36N2/c26-23-16-14-22(15-17-23)21-25(24-13-9-8-12-20-27-24)18-10-6-4-2-1-3-5-7-11-19-25/h8-9,12-17,20,27H,1-7,10-11,18-19,21,26H2. The Morgan fingerprint density at radius 2 is 1.33 bits per heavy atom. The van der Waals surface area contributed by atoms with E-state index in [0.717, 1.165) is 12.1 Å². The van der Waals surface area contributed by atoms with Gasteiger partial charge in [-0.3, -0.25) is 0 Å². The normalized spacial score (nSPS) is 21.3.